The van der Waals surface area contributed by atoms with Crippen LogP contribution in [-0.2, 0) is 20.8 Å². The van der Waals surface area contributed by atoms with Gasteiger partial charge in [0.25, 0.3) is 5.91 Å². The molecule has 192 valence electrons. The lowest BCUT2D eigenvalue weighted by Crippen LogP contribution is -2.65. The van der Waals surface area contributed by atoms with Gasteiger partial charge in [0, 0.05) is 11.5 Å². The average molecular weight is 508 g/mol. The van der Waals surface area contributed by atoms with E-state index in [4.69, 9.17) is 10.2 Å². The van der Waals surface area contributed by atoms with Crippen molar-refractivity contribution in [3.8, 4) is 17.1 Å². The Balaban J connectivity index is 1.72. The van der Waals surface area contributed by atoms with Crippen molar-refractivity contribution in [3.63, 3.8) is 0 Å². The molecule has 0 saturated heterocycles. The first-order valence-electron chi connectivity index (χ1n) is 11.5. The topological polar surface area (TPSA) is 192 Å². The number of phenols is 1. The molecule has 0 radical (unpaired) electrons. The van der Waals surface area contributed by atoms with Crippen LogP contribution in [0, 0.1) is 11.8 Å². The van der Waals surface area contributed by atoms with Gasteiger partial charge in [-0.3, -0.25) is 24.1 Å². The van der Waals surface area contributed by atoms with Crippen LogP contribution in [-0.4, -0.2) is 74.8 Å². The number of nitrogens with zero attached hydrogens (tertiary/aromatic N) is 1. The molecule has 1 amide bonds. The SMILES string of the molecule is CN(C)[C@@H]1C(=O)C(C(N)=O)=C(O)[C@@]2(O)C(=O)C3=C(O)c4c(ccc(-c5occc5C=O)c4O)C[C@H]3C[C@@H]12. The highest BCUT2D eigenvalue weighted by atomic mass is 16.3. The summed E-state index contributed by atoms with van der Waals surface area (Å²) in [6, 6.07) is 3.42. The van der Waals surface area contributed by atoms with Gasteiger partial charge in [0.05, 0.1) is 29.0 Å². The lowest BCUT2D eigenvalue weighted by atomic mass is 9.57. The third-order valence-corrected chi connectivity index (χ3v) is 7.66. The molecule has 5 rings (SSSR count). The maximum absolute atomic E-state index is 13.8. The van der Waals surface area contributed by atoms with Crippen molar-refractivity contribution in [2.75, 3.05) is 14.1 Å². The quantitative estimate of drug-likeness (QED) is 0.294. The number of Topliss-reactive ketones (excluding diaryl/α,β-unsaturated/α-hetero) is 2. The molecule has 2 aromatic rings. The van der Waals surface area contributed by atoms with E-state index in [0.717, 1.165) is 0 Å². The zero-order valence-electron chi connectivity index (χ0n) is 19.9. The van der Waals surface area contributed by atoms with Gasteiger partial charge >= 0.3 is 0 Å². The maximum Gasteiger partial charge on any atom is 0.255 e. The number of aldehydes is 1. The number of fused-ring (bicyclic) bond motifs is 3. The molecule has 3 aliphatic rings. The summed E-state index contributed by atoms with van der Waals surface area (Å²) in [5, 5.41) is 44.8. The van der Waals surface area contributed by atoms with Gasteiger partial charge in [-0.25, -0.2) is 0 Å². The van der Waals surface area contributed by atoms with Crippen LogP contribution in [0.1, 0.15) is 27.9 Å². The summed E-state index contributed by atoms with van der Waals surface area (Å²) < 4.78 is 5.34. The van der Waals surface area contributed by atoms with E-state index in [9.17, 15) is 39.6 Å². The predicted molar refractivity (Wildman–Crippen MR) is 127 cm³/mol. The van der Waals surface area contributed by atoms with Gasteiger partial charge in [-0.1, -0.05) is 6.07 Å². The molecule has 0 spiro atoms. The van der Waals surface area contributed by atoms with E-state index in [0.29, 0.717) is 11.8 Å². The summed E-state index contributed by atoms with van der Waals surface area (Å²) in [5.41, 5.74) is 2.17. The van der Waals surface area contributed by atoms with Crippen LogP contribution < -0.4 is 5.73 Å². The number of aromatic hydroxyl groups is 1. The molecule has 0 bridgehead atoms. The fourth-order valence-corrected chi connectivity index (χ4v) is 6.03. The van der Waals surface area contributed by atoms with Crippen LogP contribution in [0.2, 0.25) is 0 Å². The highest BCUT2D eigenvalue weighted by molar-refractivity contribution is 6.24. The number of hydrogen-bond donors (Lipinski definition) is 5. The molecule has 11 nitrogen and oxygen atoms in total. The Hall–Kier alpha value is -4.22. The number of benzene rings is 1. The minimum Gasteiger partial charge on any atom is -0.508 e. The van der Waals surface area contributed by atoms with Crippen molar-refractivity contribution in [3.05, 3.63) is 58.1 Å². The van der Waals surface area contributed by atoms with E-state index < -0.39 is 63.8 Å². The highest BCUT2D eigenvalue weighted by Crippen LogP contribution is 2.53. The van der Waals surface area contributed by atoms with E-state index in [1.165, 1.54) is 37.4 Å². The van der Waals surface area contributed by atoms with Gasteiger partial charge in [0.15, 0.2) is 17.7 Å². The molecule has 37 heavy (non-hydrogen) atoms. The second-order valence-corrected chi connectivity index (χ2v) is 9.78. The molecule has 11 heteroatoms. The first-order chi connectivity index (χ1) is 17.4. The number of furan rings is 1. The molecule has 0 aliphatic heterocycles. The normalized spacial score (nSPS) is 27.2. The van der Waals surface area contributed by atoms with E-state index in [1.54, 1.807) is 6.07 Å². The number of carbonyl (C=O) groups excluding carboxylic acids is 4. The van der Waals surface area contributed by atoms with Gasteiger partial charge in [-0.2, -0.15) is 0 Å². The Morgan fingerprint density at radius 2 is 1.89 bits per heavy atom. The van der Waals surface area contributed by atoms with Crippen molar-refractivity contribution in [1.29, 1.82) is 0 Å². The minimum atomic E-state index is -2.70. The van der Waals surface area contributed by atoms with E-state index in [2.05, 4.69) is 0 Å². The van der Waals surface area contributed by atoms with Crippen LogP contribution in [0.3, 0.4) is 0 Å². The third-order valence-electron chi connectivity index (χ3n) is 7.66. The monoisotopic (exact) mass is 508 g/mol. The Labute approximate surface area is 210 Å². The smallest absolute Gasteiger partial charge is 0.255 e. The molecule has 1 heterocycles. The second-order valence-electron chi connectivity index (χ2n) is 9.78. The molecule has 1 fully saturated rings. The third kappa shape index (κ3) is 3.14. The minimum absolute atomic E-state index is 0.00174. The number of nitrogens with two attached hydrogens (primary N) is 1. The Morgan fingerprint density at radius 3 is 2.51 bits per heavy atom. The number of amides is 1. The summed E-state index contributed by atoms with van der Waals surface area (Å²) in [6.07, 6.45) is 1.98. The molecular formula is C26H24N2O9. The zero-order chi connectivity index (χ0) is 27.0. The lowest BCUT2D eigenvalue weighted by molar-refractivity contribution is -0.153. The highest BCUT2D eigenvalue weighted by Gasteiger charge is 2.64. The largest absolute Gasteiger partial charge is 0.508 e. The van der Waals surface area contributed by atoms with Gasteiger partial charge in [-0.15, -0.1) is 0 Å². The van der Waals surface area contributed by atoms with Crippen LogP contribution >= 0.6 is 0 Å². The fourth-order valence-electron chi connectivity index (χ4n) is 6.03. The first kappa shape index (κ1) is 24.5. The van der Waals surface area contributed by atoms with Crippen molar-refractivity contribution < 1.29 is 44.0 Å². The molecule has 0 unspecified atom stereocenters. The van der Waals surface area contributed by atoms with Crippen molar-refractivity contribution in [2.45, 2.75) is 24.5 Å². The predicted octanol–water partition coefficient (Wildman–Crippen LogP) is 1.04. The summed E-state index contributed by atoms with van der Waals surface area (Å²) in [5.74, 6) is -7.14. The zero-order valence-corrected chi connectivity index (χ0v) is 19.9. The number of hydrogen-bond acceptors (Lipinski definition) is 10. The van der Waals surface area contributed by atoms with E-state index in [1.807, 2.05) is 0 Å². The van der Waals surface area contributed by atoms with Crippen LogP contribution in [0.25, 0.3) is 17.1 Å². The standard InChI is InChI=1S/C26H24N2O9/c1-28(2)18-14-8-12-7-10-3-4-13(22-11(9-29)5-6-37-22)19(30)15(10)20(31)16(12)23(33)26(14,36)24(34)17(21(18)32)25(27)35/h3-6,9,12,14,18,30-31,34,36H,7-8H2,1-2H3,(H2,27,35)/t12-,14-,18-,26-/m0/s1. The number of aliphatic hydroxyl groups is 3. The molecule has 1 aromatic carbocycles. The van der Waals surface area contributed by atoms with Gasteiger partial charge in [0.1, 0.15) is 28.6 Å². The Bertz CT molecular complexity index is 1460. The van der Waals surface area contributed by atoms with Crippen LogP contribution in [0.4, 0.5) is 0 Å². The van der Waals surface area contributed by atoms with Crippen molar-refractivity contribution in [2.24, 2.45) is 17.6 Å². The molecule has 1 aromatic heterocycles. The van der Waals surface area contributed by atoms with Gasteiger partial charge in [0.2, 0.25) is 5.78 Å². The number of rotatable bonds is 4. The Kier molecular flexibility index (Phi) is 5.39. The summed E-state index contributed by atoms with van der Waals surface area (Å²) >= 11 is 0. The number of ketones is 2. The molecular weight excluding hydrogens is 484 g/mol. The van der Waals surface area contributed by atoms with Crippen molar-refractivity contribution >= 4 is 29.5 Å². The number of primary amides is 1. The van der Waals surface area contributed by atoms with Gasteiger partial charge in [-0.05, 0) is 50.6 Å². The second kappa shape index (κ2) is 8.15. The summed E-state index contributed by atoms with van der Waals surface area (Å²) in [6.45, 7) is 0. The van der Waals surface area contributed by atoms with E-state index in [-0.39, 0.29) is 40.9 Å². The van der Waals surface area contributed by atoms with Crippen molar-refractivity contribution in [1.82, 2.24) is 4.90 Å². The number of carbonyl (C=O) groups is 4. The molecule has 6 N–H and O–H groups in total. The Morgan fingerprint density at radius 1 is 1.19 bits per heavy atom. The maximum atomic E-state index is 13.8. The number of phenolic OH excluding ortho intramolecular Hbond substituents is 1. The van der Waals surface area contributed by atoms with Gasteiger partial charge < -0.3 is 30.6 Å². The van der Waals surface area contributed by atoms with Crippen LogP contribution in [0.15, 0.2) is 45.8 Å². The lowest BCUT2D eigenvalue weighted by Gasteiger charge is -2.50. The molecule has 1 saturated carbocycles. The van der Waals surface area contributed by atoms with Crippen LogP contribution in [0.5, 0.6) is 5.75 Å². The number of aliphatic hydroxyl groups excluding tert-OH is 2. The summed E-state index contributed by atoms with van der Waals surface area (Å²) in [4.78, 5) is 51.8. The number of likely N-dealkylation sites (N-methyl/N-ethyl adjacent to an activating group) is 1. The average Bonchev–Trinajstić information content (AvgIpc) is 3.29. The molecule has 3 aliphatic carbocycles. The fraction of sp³-hybridized carbons (Fsp3) is 0.308. The van der Waals surface area contributed by atoms with E-state index >= 15 is 0 Å². The molecule has 4 atom stereocenters. The summed E-state index contributed by atoms with van der Waals surface area (Å²) in [7, 11) is 3.07. The first-order valence-corrected chi connectivity index (χ1v) is 11.5.